The molecule has 4 rings (SSSR count). The highest BCUT2D eigenvalue weighted by molar-refractivity contribution is 5.87. The van der Waals surface area contributed by atoms with Gasteiger partial charge < -0.3 is 15.1 Å². The van der Waals surface area contributed by atoms with E-state index >= 15 is 0 Å². The molecule has 0 bridgehead atoms. The van der Waals surface area contributed by atoms with Crippen LogP contribution in [0.2, 0.25) is 0 Å². The average molecular weight is 494 g/mol. The van der Waals surface area contributed by atoms with Crippen molar-refractivity contribution in [2.45, 2.75) is 44.8 Å². The summed E-state index contributed by atoms with van der Waals surface area (Å²) in [6.45, 7) is 6.42. The van der Waals surface area contributed by atoms with Crippen molar-refractivity contribution >= 4 is 17.5 Å². The molecule has 192 valence electrons. The number of likely N-dealkylation sites (tertiary alicyclic amines) is 1. The Morgan fingerprint density at radius 3 is 2.50 bits per heavy atom. The van der Waals surface area contributed by atoms with Crippen molar-refractivity contribution in [1.82, 2.24) is 20.0 Å². The summed E-state index contributed by atoms with van der Waals surface area (Å²) < 4.78 is 0. The third kappa shape index (κ3) is 6.47. The second-order valence-corrected chi connectivity index (χ2v) is 9.64. The smallest absolute Gasteiger partial charge is 0.269 e. The summed E-state index contributed by atoms with van der Waals surface area (Å²) in [6.07, 6.45) is 2.33. The summed E-state index contributed by atoms with van der Waals surface area (Å²) in [4.78, 5) is 42.7. The van der Waals surface area contributed by atoms with Gasteiger partial charge >= 0.3 is 0 Å². The molecular weight excluding hydrogens is 458 g/mol. The number of rotatable bonds is 8. The maximum absolute atomic E-state index is 13.5. The van der Waals surface area contributed by atoms with E-state index in [1.807, 2.05) is 23.1 Å². The van der Waals surface area contributed by atoms with E-state index in [9.17, 15) is 19.7 Å². The summed E-state index contributed by atoms with van der Waals surface area (Å²) in [5.41, 5.74) is 2.25. The number of carbonyl (C=O) groups is 2. The van der Waals surface area contributed by atoms with E-state index in [2.05, 4.69) is 22.3 Å². The molecule has 0 spiro atoms. The minimum Gasteiger partial charge on any atom is -0.340 e. The first kappa shape index (κ1) is 25.8. The van der Waals surface area contributed by atoms with E-state index in [-0.39, 0.29) is 23.5 Å². The fraction of sp³-hybridized carbons (Fsp3) is 0.481. The van der Waals surface area contributed by atoms with Gasteiger partial charge in [0.15, 0.2) is 0 Å². The molecule has 2 heterocycles. The molecule has 2 fully saturated rings. The Labute approximate surface area is 212 Å². The average Bonchev–Trinajstić information content (AvgIpc) is 3.15. The molecule has 2 atom stereocenters. The largest absolute Gasteiger partial charge is 0.340 e. The first-order valence-electron chi connectivity index (χ1n) is 12.7. The van der Waals surface area contributed by atoms with E-state index in [1.54, 1.807) is 17.0 Å². The predicted molar refractivity (Wildman–Crippen MR) is 137 cm³/mol. The zero-order valence-corrected chi connectivity index (χ0v) is 20.8. The number of nitrogens with one attached hydrogen (secondary N) is 1. The van der Waals surface area contributed by atoms with E-state index in [0.29, 0.717) is 32.6 Å². The fourth-order valence-electron chi connectivity index (χ4n) is 5.20. The number of hydrogen-bond acceptors (Lipinski definition) is 6. The van der Waals surface area contributed by atoms with Crippen molar-refractivity contribution in [2.75, 3.05) is 39.3 Å². The highest BCUT2D eigenvalue weighted by atomic mass is 16.6. The Hall–Kier alpha value is -3.30. The molecule has 9 nitrogen and oxygen atoms in total. The van der Waals surface area contributed by atoms with Crippen molar-refractivity contribution < 1.29 is 14.5 Å². The van der Waals surface area contributed by atoms with Gasteiger partial charge in [0.05, 0.1) is 4.92 Å². The van der Waals surface area contributed by atoms with E-state index < -0.39 is 11.0 Å². The Balaban J connectivity index is 1.53. The molecule has 2 aliphatic rings. The van der Waals surface area contributed by atoms with Gasteiger partial charge in [-0.3, -0.25) is 24.6 Å². The maximum Gasteiger partial charge on any atom is 0.269 e. The zero-order valence-electron chi connectivity index (χ0n) is 20.8. The van der Waals surface area contributed by atoms with Gasteiger partial charge in [-0.25, -0.2) is 0 Å². The molecule has 2 unspecified atom stereocenters. The lowest BCUT2D eigenvalue weighted by Crippen LogP contribution is -2.48. The third-order valence-electron chi connectivity index (χ3n) is 7.20. The minimum absolute atomic E-state index is 0.0202. The van der Waals surface area contributed by atoms with Crippen molar-refractivity contribution in [3.05, 3.63) is 75.8 Å². The molecule has 0 aliphatic carbocycles. The molecule has 2 saturated heterocycles. The van der Waals surface area contributed by atoms with Crippen LogP contribution in [0.5, 0.6) is 0 Å². The van der Waals surface area contributed by atoms with Gasteiger partial charge in [-0.1, -0.05) is 42.5 Å². The molecule has 0 aromatic heterocycles. The number of nitro groups is 1. The normalized spacial score (nSPS) is 20.4. The second-order valence-electron chi connectivity index (χ2n) is 9.64. The maximum atomic E-state index is 13.5. The summed E-state index contributed by atoms with van der Waals surface area (Å²) >= 11 is 0. The summed E-state index contributed by atoms with van der Waals surface area (Å²) in [5, 5.41) is 14.4. The Morgan fingerprint density at radius 2 is 1.81 bits per heavy atom. The summed E-state index contributed by atoms with van der Waals surface area (Å²) in [6, 6.07) is 16.4. The van der Waals surface area contributed by atoms with Gasteiger partial charge in [-0.2, -0.15) is 0 Å². The number of carbonyl (C=O) groups excluding carboxylic acids is 2. The van der Waals surface area contributed by atoms with Crippen LogP contribution in [0, 0.1) is 10.1 Å². The molecule has 2 aromatic carbocycles. The van der Waals surface area contributed by atoms with Crippen LogP contribution in [-0.2, 0) is 22.6 Å². The molecule has 2 aromatic rings. The second kappa shape index (κ2) is 12.1. The van der Waals surface area contributed by atoms with Gasteiger partial charge in [0, 0.05) is 64.4 Å². The number of non-ortho nitro benzene ring substituents is 1. The van der Waals surface area contributed by atoms with Crippen molar-refractivity contribution in [2.24, 2.45) is 0 Å². The first-order chi connectivity index (χ1) is 17.4. The lowest BCUT2D eigenvalue weighted by molar-refractivity contribution is -0.384. The molecule has 36 heavy (non-hydrogen) atoms. The Bertz CT molecular complexity index is 1040. The quantitative estimate of drug-likeness (QED) is 0.448. The minimum atomic E-state index is -0.457. The predicted octanol–water partition coefficient (Wildman–Crippen LogP) is 2.45. The van der Waals surface area contributed by atoms with Crippen LogP contribution in [0.1, 0.15) is 30.9 Å². The molecule has 9 heteroatoms. The highest BCUT2D eigenvalue weighted by Gasteiger charge is 2.42. The summed E-state index contributed by atoms with van der Waals surface area (Å²) in [5.74, 6) is -0.0445. The zero-order chi connectivity index (χ0) is 25.5. The standard InChI is InChI=1S/C27H35N5O4/c1-21(33)31-20-25(18-26(31)27(34)29-15-5-13-28-14-17-29)30(16-12-22-6-3-2-4-7-22)19-23-8-10-24(11-9-23)32(35)36/h2-4,6-11,25-26,28H,5,12-20H2,1H3. The van der Waals surface area contributed by atoms with Crippen LogP contribution in [0.25, 0.3) is 0 Å². The van der Waals surface area contributed by atoms with Crippen molar-refractivity contribution in [3.8, 4) is 0 Å². The van der Waals surface area contributed by atoms with Gasteiger partial charge in [0.25, 0.3) is 5.69 Å². The lowest BCUT2D eigenvalue weighted by atomic mass is 10.1. The van der Waals surface area contributed by atoms with E-state index in [1.165, 1.54) is 24.6 Å². The first-order valence-corrected chi connectivity index (χ1v) is 12.7. The van der Waals surface area contributed by atoms with E-state index in [4.69, 9.17) is 0 Å². The highest BCUT2D eigenvalue weighted by Crippen LogP contribution is 2.26. The summed E-state index contributed by atoms with van der Waals surface area (Å²) in [7, 11) is 0. The third-order valence-corrected chi connectivity index (χ3v) is 7.20. The molecule has 1 N–H and O–H groups in total. The van der Waals surface area contributed by atoms with Crippen LogP contribution in [0.15, 0.2) is 54.6 Å². The fourth-order valence-corrected chi connectivity index (χ4v) is 5.20. The van der Waals surface area contributed by atoms with Crippen LogP contribution >= 0.6 is 0 Å². The SMILES string of the molecule is CC(=O)N1CC(N(CCc2ccccc2)Cc2ccc([N+](=O)[O-])cc2)CC1C(=O)N1CCCNCC1. The van der Waals surface area contributed by atoms with Crippen molar-refractivity contribution in [1.29, 1.82) is 0 Å². The molecule has 0 radical (unpaired) electrons. The number of nitrogens with zero attached hydrogens (tertiary/aromatic N) is 4. The van der Waals surface area contributed by atoms with Crippen LogP contribution in [0.4, 0.5) is 5.69 Å². The Kier molecular flexibility index (Phi) is 8.66. The number of amides is 2. The number of nitro benzene ring substituents is 1. The number of benzene rings is 2. The van der Waals surface area contributed by atoms with Crippen LogP contribution in [-0.4, -0.2) is 82.8 Å². The van der Waals surface area contributed by atoms with Crippen molar-refractivity contribution in [3.63, 3.8) is 0 Å². The molecule has 2 amide bonds. The molecule has 2 aliphatic heterocycles. The van der Waals surface area contributed by atoms with Gasteiger partial charge in [0.2, 0.25) is 11.8 Å². The molecular formula is C27H35N5O4. The Morgan fingerprint density at radius 1 is 1.06 bits per heavy atom. The van der Waals surface area contributed by atoms with Gasteiger partial charge in [0.1, 0.15) is 6.04 Å². The monoisotopic (exact) mass is 493 g/mol. The van der Waals surface area contributed by atoms with Crippen LogP contribution in [0.3, 0.4) is 0 Å². The van der Waals surface area contributed by atoms with Gasteiger partial charge in [-0.15, -0.1) is 0 Å². The van der Waals surface area contributed by atoms with Crippen LogP contribution < -0.4 is 5.32 Å². The van der Waals surface area contributed by atoms with Gasteiger partial charge in [-0.05, 0) is 36.9 Å². The molecule has 0 saturated carbocycles. The van der Waals surface area contributed by atoms with E-state index in [0.717, 1.165) is 38.0 Å². The lowest BCUT2D eigenvalue weighted by Gasteiger charge is -2.29. The number of hydrogen-bond donors (Lipinski definition) is 1. The topological polar surface area (TPSA) is 99.0 Å².